The molecule has 0 unspecified atom stereocenters. The van der Waals surface area contributed by atoms with Gasteiger partial charge >= 0.3 is 0 Å². The van der Waals surface area contributed by atoms with E-state index in [1.54, 1.807) is 22.3 Å². The minimum atomic E-state index is 1.14. The molecule has 101 heavy (non-hydrogen) atoms. The second-order valence-electron chi connectivity index (χ2n) is 29.2. The Balaban J connectivity index is 0.755. The van der Waals surface area contributed by atoms with E-state index in [4.69, 9.17) is 0 Å². The van der Waals surface area contributed by atoms with Gasteiger partial charge in [0, 0.05) is 87.8 Å². The van der Waals surface area contributed by atoms with Gasteiger partial charge in [0.2, 0.25) is 0 Å². The molecule has 0 aliphatic rings. The molecule has 0 aromatic carbocycles. The van der Waals surface area contributed by atoms with Gasteiger partial charge in [-0.3, -0.25) is 0 Å². The molecule has 0 atom stereocenters. The van der Waals surface area contributed by atoms with E-state index in [-0.39, 0.29) is 0 Å². The molecular formula is C91H124S10. The summed E-state index contributed by atoms with van der Waals surface area (Å²) in [5.74, 6) is 0. The van der Waals surface area contributed by atoms with Crippen molar-refractivity contribution in [1.82, 2.24) is 0 Å². The molecule has 548 valence electrons. The highest BCUT2D eigenvalue weighted by Crippen LogP contribution is 2.50. The summed E-state index contributed by atoms with van der Waals surface area (Å²) >= 11 is 20.2. The Bertz CT molecular complexity index is 3530. The standard InChI is InChI=1S/C91H124S10/c1-5-9-13-17-21-25-29-33-37-41-46-70-64-66-92-88(70)82-60-56-76(96-82)78-58-62-84(98-78)90-72(48-43-39-35-31-27-23-19-15-11-7-3)68-86(100-90)80-54-52-74(94-80)50-45-51-75-53-55-81(95-75)87-69-73(49-44-40-36-32-28-24-20-16-12-8-4)91(101-87)85-63-59-79(99-85)77-57-61-83(97-77)89-71(65-67-93-89)47-42-38-34-30-26-22-18-14-10-6-2/h52-69H,5-51H2,1-4H3. The van der Waals surface area contributed by atoms with Gasteiger partial charge in [-0.05, 0) is 201 Å². The number of thiophene rings is 10. The molecule has 10 rings (SSSR count). The molecule has 10 heterocycles. The maximum Gasteiger partial charge on any atom is 0.0481 e. The molecule has 0 aliphatic heterocycles. The fraction of sp³-hybridized carbons (Fsp3) is 0.560. The molecule has 10 aromatic heterocycles. The molecule has 0 radical (unpaired) electrons. The molecule has 0 amide bonds. The van der Waals surface area contributed by atoms with Crippen molar-refractivity contribution in [3.63, 3.8) is 0 Å². The Kier molecular flexibility index (Phi) is 37.4. The lowest BCUT2D eigenvalue weighted by Gasteiger charge is -2.04. The molecule has 0 N–H and O–H groups in total. The van der Waals surface area contributed by atoms with Gasteiger partial charge in [-0.15, -0.1) is 113 Å². The minimum absolute atomic E-state index is 1.14. The normalized spacial score (nSPS) is 11.8. The number of hydrogen-bond donors (Lipinski definition) is 0. The molecule has 0 bridgehead atoms. The van der Waals surface area contributed by atoms with Crippen molar-refractivity contribution < 1.29 is 0 Å². The molecule has 0 spiro atoms. The van der Waals surface area contributed by atoms with Crippen LogP contribution in [0.3, 0.4) is 0 Å². The van der Waals surface area contributed by atoms with Gasteiger partial charge in [-0.25, -0.2) is 0 Å². The number of hydrogen-bond acceptors (Lipinski definition) is 10. The van der Waals surface area contributed by atoms with Crippen LogP contribution >= 0.6 is 113 Å². The Morgan fingerprint density at radius 1 is 0.178 bits per heavy atom. The lowest BCUT2D eigenvalue weighted by molar-refractivity contribution is 0.556. The Labute approximate surface area is 654 Å². The van der Waals surface area contributed by atoms with E-state index in [0.717, 1.165) is 12.8 Å². The lowest BCUT2D eigenvalue weighted by Crippen LogP contribution is -1.86. The van der Waals surface area contributed by atoms with Gasteiger partial charge in [-0.2, -0.15) is 0 Å². The number of rotatable bonds is 56. The molecule has 0 nitrogen and oxygen atoms in total. The van der Waals surface area contributed by atoms with Crippen molar-refractivity contribution in [1.29, 1.82) is 0 Å². The van der Waals surface area contributed by atoms with Crippen LogP contribution in [0.15, 0.2) is 108 Å². The average molecular weight is 1540 g/mol. The first-order chi connectivity index (χ1) is 50.0. The zero-order valence-electron chi connectivity index (χ0n) is 62.7. The van der Waals surface area contributed by atoms with Crippen LogP contribution in [-0.4, -0.2) is 0 Å². The highest BCUT2D eigenvalue weighted by molar-refractivity contribution is 7.31. The summed E-state index contributed by atoms with van der Waals surface area (Å²) in [5, 5.41) is 4.66. The fourth-order valence-electron chi connectivity index (χ4n) is 14.7. The van der Waals surface area contributed by atoms with Crippen molar-refractivity contribution >= 4 is 113 Å². The predicted molar refractivity (Wildman–Crippen MR) is 469 cm³/mol. The SMILES string of the molecule is CCCCCCCCCCCCc1ccsc1-c1ccc(-c2ccc(-c3sc(-c4ccc(CCCc5ccc(-c6cc(CCCCCCCCCCCC)c(-c7ccc(-c8ccc(-c9sccc9CCCCCCCCCCCC)s8)s7)s6)s5)s4)cc3CCCCCCCCCCCC)s2)s1. The predicted octanol–water partition coefficient (Wildman–Crippen LogP) is 35.7. The van der Waals surface area contributed by atoms with E-state index in [2.05, 4.69) is 158 Å². The van der Waals surface area contributed by atoms with Crippen LogP contribution in [0, 0.1) is 0 Å². The third kappa shape index (κ3) is 26.7. The summed E-state index contributed by atoms with van der Waals surface area (Å²) in [5.41, 5.74) is 6.25. The van der Waals surface area contributed by atoms with Gasteiger partial charge in [0.25, 0.3) is 0 Å². The third-order valence-electron chi connectivity index (χ3n) is 20.8. The van der Waals surface area contributed by atoms with E-state index < -0.39 is 0 Å². The molecule has 0 fully saturated rings. The molecule has 10 heteroatoms. The van der Waals surface area contributed by atoms with E-state index >= 15 is 0 Å². The Morgan fingerprint density at radius 3 is 0.713 bits per heavy atom. The van der Waals surface area contributed by atoms with E-state index in [9.17, 15) is 0 Å². The van der Waals surface area contributed by atoms with Crippen LogP contribution in [0.4, 0.5) is 0 Å². The quantitative estimate of drug-likeness (QED) is 0.0333. The summed E-state index contributed by atoms with van der Waals surface area (Å²) in [6.07, 6.45) is 63.6. The monoisotopic (exact) mass is 1540 g/mol. The van der Waals surface area contributed by atoms with E-state index in [1.165, 1.54) is 377 Å². The highest BCUT2D eigenvalue weighted by atomic mass is 32.1. The Hall–Kier alpha value is -3.00. The Morgan fingerprint density at radius 2 is 0.416 bits per heavy atom. The zero-order chi connectivity index (χ0) is 69.7. The van der Waals surface area contributed by atoms with Gasteiger partial charge < -0.3 is 0 Å². The first-order valence-corrected chi connectivity index (χ1v) is 49.2. The summed E-state index contributed by atoms with van der Waals surface area (Å²) in [6.45, 7) is 9.28. The molecule has 0 aliphatic carbocycles. The third-order valence-corrected chi connectivity index (χ3v) is 33.2. The summed E-state index contributed by atoms with van der Waals surface area (Å²) in [4.78, 5) is 26.3. The molecule has 0 saturated carbocycles. The van der Waals surface area contributed by atoms with Gasteiger partial charge in [0.05, 0.1) is 0 Å². The van der Waals surface area contributed by atoms with Crippen LogP contribution in [-0.2, 0) is 38.5 Å². The van der Waals surface area contributed by atoms with Gasteiger partial charge in [0.15, 0.2) is 0 Å². The first kappa shape index (κ1) is 80.5. The fourth-order valence-corrected chi connectivity index (χ4v) is 26.1. The van der Waals surface area contributed by atoms with Crippen LogP contribution in [0.25, 0.3) is 78.0 Å². The maximum atomic E-state index is 2.60. The highest BCUT2D eigenvalue weighted by Gasteiger charge is 2.21. The number of unbranched alkanes of at least 4 members (excludes halogenated alkanes) is 36. The summed E-state index contributed by atoms with van der Waals surface area (Å²) in [7, 11) is 0. The smallest absolute Gasteiger partial charge is 0.0481 e. The summed E-state index contributed by atoms with van der Waals surface area (Å²) < 4.78 is 0. The van der Waals surface area contributed by atoms with Gasteiger partial charge in [0.1, 0.15) is 0 Å². The topological polar surface area (TPSA) is 0 Å². The average Bonchev–Trinajstić information content (AvgIpc) is 1.65. The van der Waals surface area contributed by atoms with Crippen molar-refractivity contribution in [3.05, 3.63) is 140 Å². The molecule has 0 saturated heterocycles. The maximum absolute atomic E-state index is 2.60. The second-order valence-corrected chi connectivity index (χ2v) is 39.9. The summed E-state index contributed by atoms with van der Waals surface area (Å²) in [6, 6.07) is 39.2. The van der Waals surface area contributed by atoms with Crippen molar-refractivity contribution in [2.75, 3.05) is 0 Å². The first-order valence-electron chi connectivity index (χ1n) is 41.0. The molecular weight excluding hydrogens is 1410 g/mol. The zero-order valence-corrected chi connectivity index (χ0v) is 70.9. The van der Waals surface area contributed by atoms with Crippen molar-refractivity contribution in [2.45, 2.75) is 329 Å². The molecule has 10 aromatic rings. The van der Waals surface area contributed by atoms with Crippen LogP contribution in [0.2, 0.25) is 0 Å². The largest absolute Gasteiger partial charge is 0.143 e. The van der Waals surface area contributed by atoms with E-state index in [1.807, 2.05) is 90.7 Å². The van der Waals surface area contributed by atoms with Crippen LogP contribution in [0.1, 0.15) is 323 Å². The van der Waals surface area contributed by atoms with Gasteiger partial charge in [-0.1, -0.05) is 259 Å². The minimum Gasteiger partial charge on any atom is -0.143 e. The second kappa shape index (κ2) is 46.9. The van der Waals surface area contributed by atoms with Crippen LogP contribution < -0.4 is 0 Å². The lowest BCUT2D eigenvalue weighted by atomic mass is 10.0. The van der Waals surface area contributed by atoms with E-state index in [0.29, 0.717) is 0 Å². The van der Waals surface area contributed by atoms with Crippen molar-refractivity contribution in [3.8, 4) is 78.0 Å². The van der Waals surface area contributed by atoms with Crippen LogP contribution in [0.5, 0.6) is 0 Å². The number of aryl methyl sites for hydroxylation is 6. The van der Waals surface area contributed by atoms with Crippen molar-refractivity contribution in [2.24, 2.45) is 0 Å².